The highest BCUT2D eigenvalue weighted by Gasteiger charge is 2.58. The van der Waals surface area contributed by atoms with Crippen molar-refractivity contribution in [3.05, 3.63) is 33.3 Å². The number of hydrogen-bond donors (Lipinski definition) is 1. The second kappa shape index (κ2) is 5.00. The summed E-state index contributed by atoms with van der Waals surface area (Å²) >= 11 is 9.73. The summed E-state index contributed by atoms with van der Waals surface area (Å²) in [6.45, 7) is 8.23. The molecule has 2 fully saturated rings. The molecule has 20 heavy (non-hydrogen) atoms. The highest BCUT2D eigenvalue weighted by molar-refractivity contribution is 9.10. The molecule has 110 valence electrons. The summed E-state index contributed by atoms with van der Waals surface area (Å²) in [5.74, 6) is 0.882. The van der Waals surface area contributed by atoms with Crippen molar-refractivity contribution in [3.8, 4) is 0 Å². The Kier molecular flexibility index (Phi) is 3.72. The first kappa shape index (κ1) is 14.9. The van der Waals surface area contributed by atoms with E-state index in [1.165, 1.54) is 24.8 Å². The van der Waals surface area contributed by atoms with E-state index < -0.39 is 0 Å². The summed E-state index contributed by atoms with van der Waals surface area (Å²) in [7, 11) is 0. The molecule has 1 aromatic rings. The molecule has 3 heteroatoms. The average Bonchev–Trinajstić information content (AvgIpc) is 2.84. The Balaban J connectivity index is 1.77. The van der Waals surface area contributed by atoms with Gasteiger partial charge >= 0.3 is 0 Å². The Morgan fingerprint density at radius 2 is 2.10 bits per heavy atom. The number of fused-ring (bicyclic) bond motifs is 2. The van der Waals surface area contributed by atoms with Crippen molar-refractivity contribution in [1.29, 1.82) is 0 Å². The fourth-order valence-electron chi connectivity index (χ4n) is 4.70. The molecule has 0 heterocycles. The smallest absolute Gasteiger partial charge is 0.0410 e. The van der Waals surface area contributed by atoms with Crippen molar-refractivity contribution in [2.45, 2.75) is 52.6 Å². The Hall–Kier alpha value is -0.0500. The maximum atomic E-state index is 6.11. The van der Waals surface area contributed by atoms with Crippen molar-refractivity contribution >= 4 is 27.5 Å². The van der Waals surface area contributed by atoms with Crippen LogP contribution in [-0.2, 0) is 6.54 Å². The summed E-state index contributed by atoms with van der Waals surface area (Å²) in [5, 5.41) is 4.65. The normalized spacial score (nSPS) is 34.6. The molecular formula is C17H23BrClN. The highest BCUT2D eigenvalue weighted by atomic mass is 79.9. The van der Waals surface area contributed by atoms with Gasteiger partial charge in [0.05, 0.1) is 0 Å². The summed E-state index contributed by atoms with van der Waals surface area (Å²) in [4.78, 5) is 0. The van der Waals surface area contributed by atoms with E-state index in [-0.39, 0.29) is 0 Å². The molecule has 2 bridgehead atoms. The third kappa shape index (κ3) is 2.34. The van der Waals surface area contributed by atoms with Crippen molar-refractivity contribution in [1.82, 2.24) is 5.32 Å². The molecule has 0 spiro atoms. The number of hydrogen-bond acceptors (Lipinski definition) is 1. The van der Waals surface area contributed by atoms with Crippen LogP contribution in [0.5, 0.6) is 0 Å². The van der Waals surface area contributed by atoms with E-state index in [9.17, 15) is 0 Å². The Morgan fingerprint density at radius 1 is 1.35 bits per heavy atom. The van der Waals surface area contributed by atoms with Gasteiger partial charge in [-0.25, -0.2) is 0 Å². The van der Waals surface area contributed by atoms with Crippen LogP contribution in [0.4, 0.5) is 0 Å². The van der Waals surface area contributed by atoms with Crippen molar-refractivity contribution in [3.63, 3.8) is 0 Å². The second-order valence-electron chi connectivity index (χ2n) is 7.46. The minimum Gasteiger partial charge on any atom is -0.309 e. The molecule has 1 nitrogen and oxygen atoms in total. The van der Waals surface area contributed by atoms with Crippen LogP contribution in [0.2, 0.25) is 5.02 Å². The Labute approximate surface area is 135 Å². The van der Waals surface area contributed by atoms with Crippen LogP contribution in [0.1, 0.15) is 45.6 Å². The van der Waals surface area contributed by atoms with E-state index in [1.54, 1.807) is 0 Å². The van der Waals surface area contributed by atoms with Gasteiger partial charge in [-0.05, 0) is 59.8 Å². The quantitative estimate of drug-likeness (QED) is 0.764. The molecule has 3 atom stereocenters. The summed E-state index contributed by atoms with van der Waals surface area (Å²) in [6, 6.07) is 6.62. The standard InChI is InChI=1S/C17H23BrClN/c1-16(2)12-6-7-17(3,9-12)15(16)20-10-11-8-13(19)4-5-14(11)18/h4-5,8,12,15,20H,6-7,9-10H2,1-3H3. The number of nitrogens with one attached hydrogen (secondary N) is 1. The van der Waals surface area contributed by atoms with Crippen LogP contribution < -0.4 is 5.32 Å². The number of benzene rings is 1. The van der Waals surface area contributed by atoms with Crippen molar-refractivity contribution in [2.24, 2.45) is 16.7 Å². The number of rotatable bonds is 3. The van der Waals surface area contributed by atoms with E-state index in [0.29, 0.717) is 16.9 Å². The summed E-state index contributed by atoms with van der Waals surface area (Å²) in [5.41, 5.74) is 2.12. The zero-order chi connectivity index (χ0) is 14.5. The Morgan fingerprint density at radius 3 is 2.75 bits per heavy atom. The van der Waals surface area contributed by atoms with Gasteiger partial charge in [0.2, 0.25) is 0 Å². The van der Waals surface area contributed by atoms with Crippen LogP contribution in [0.25, 0.3) is 0 Å². The monoisotopic (exact) mass is 355 g/mol. The van der Waals surface area contributed by atoms with Crippen LogP contribution in [-0.4, -0.2) is 6.04 Å². The van der Waals surface area contributed by atoms with E-state index >= 15 is 0 Å². The molecule has 2 aliphatic carbocycles. The maximum absolute atomic E-state index is 6.11. The molecule has 1 N–H and O–H groups in total. The fraction of sp³-hybridized carbons (Fsp3) is 0.647. The van der Waals surface area contributed by atoms with E-state index in [4.69, 9.17) is 11.6 Å². The fourth-order valence-corrected chi connectivity index (χ4v) is 5.28. The molecule has 3 unspecified atom stereocenters. The SMILES string of the molecule is CC12CCC(C1)C(C)(C)C2NCc1cc(Cl)ccc1Br. The van der Waals surface area contributed by atoms with Crippen LogP contribution in [0.15, 0.2) is 22.7 Å². The highest BCUT2D eigenvalue weighted by Crippen LogP contribution is 2.62. The molecule has 0 aliphatic heterocycles. The average molecular weight is 357 g/mol. The molecule has 2 saturated carbocycles. The third-order valence-electron chi connectivity index (χ3n) is 5.77. The first-order chi connectivity index (χ1) is 9.33. The minimum absolute atomic E-state index is 0.401. The molecule has 0 aromatic heterocycles. The van der Waals surface area contributed by atoms with E-state index in [2.05, 4.69) is 48.1 Å². The lowest BCUT2D eigenvalue weighted by atomic mass is 9.68. The van der Waals surface area contributed by atoms with Gasteiger partial charge in [0, 0.05) is 22.1 Å². The van der Waals surface area contributed by atoms with Gasteiger partial charge in [0.15, 0.2) is 0 Å². The van der Waals surface area contributed by atoms with Gasteiger partial charge < -0.3 is 5.32 Å². The lowest BCUT2D eigenvalue weighted by Gasteiger charge is -2.43. The van der Waals surface area contributed by atoms with Gasteiger partial charge in [-0.3, -0.25) is 0 Å². The molecule has 0 radical (unpaired) electrons. The summed E-state index contributed by atoms with van der Waals surface area (Å²) < 4.78 is 1.14. The van der Waals surface area contributed by atoms with Crippen LogP contribution in [0, 0.1) is 16.7 Å². The molecule has 0 saturated heterocycles. The summed E-state index contributed by atoms with van der Waals surface area (Å²) in [6.07, 6.45) is 4.16. The number of halogens is 2. The zero-order valence-electron chi connectivity index (χ0n) is 12.5. The molecule has 2 aliphatic rings. The lowest BCUT2D eigenvalue weighted by molar-refractivity contribution is 0.108. The predicted octanol–water partition coefficient (Wildman–Crippen LogP) is 5.41. The zero-order valence-corrected chi connectivity index (χ0v) is 14.8. The van der Waals surface area contributed by atoms with Crippen LogP contribution >= 0.6 is 27.5 Å². The van der Waals surface area contributed by atoms with Gasteiger partial charge in [0.1, 0.15) is 0 Å². The predicted molar refractivity (Wildman–Crippen MR) is 89.0 cm³/mol. The van der Waals surface area contributed by atoms with E-state index in [0.717, 1.165) is 22.0 Å². The van der Waals surface area contributed by atoms with E-state index in [1.807, 2.05) is 12.1 Å². The third-order valence-corrected chi connectivity index (χ3v) is 6.78. The molecule has 0 amide bonds. The first-order valence-electron chi connectivity index (χ1n) is 7.50. The van der Waals surface area contributed by atoms with Gasteiger partial charge in [0.25, 0.3) is 0 Å². The molecule has 3 rings (SSSR count). The largest absolute Gasteiger partial charge is 0.309 e. The minimum atomic E-state index is 0.401. The molecular weight excluding hydrogens is 334 g/mol. The van der Waals surface area contributed by atoms with Gasteiger partial charge in [-0.2, -0.15) is 0 Å². The van der Waals surface area contributed by atoms with Gasteiger partial charge in [-0.1, -0.05) is 48.3 Å². The Bertz CT molecular complexity index is 523. The maximum Gasteiger partial charge on any atom is 0.0410 e. The topological polar surface area (TPSA) is 12.0 Å². The van der Waals surface area contributed by atoms with Crippen molar-refractivity contribution in [2.75, 3.05) is 0 Å². The van der Waals surface area contributed by atoms with Gasteiger partial charge in [-0.15, -0.1) is 0 Å². The van der Waals surface area contributed by atoms with Crippen molar-refractivity contribution < 1.29 is 0 Å². The van der Waals surface area contributed by atoms with Crippen LogP contribution in [0.3, 0.4) is 0 Å². The first-order valence-corrected chi connectivity index (χ1v) is 8.67. The molecule has 1 aromatic carbocycles. The second-order valence-corrected chi connectivity index (χ2v) is 8.76. The lowest BCUT2D eigenvalue weighted by Crippen LogP contribution is -2.49.